The van der Waals surface area contributed by atoms with Crippen LogP contribution in [0.15, 0.2) is 138 Å². The molecule has 224 valence electrons. The molecule has 47 heavy (non-hydrogen) atoms. The SMILES string of the molecule is CC1CC=Cc2c1n(-c1cc(N)ccc1-c1ccc3c4c5oc6ccccc6c5ccc4n(-c4ccccc4)c3c1)c1ccccc21. The minimum Gasteiger partial charge on any atom is -0.455 e. The standard InChI is InChI=1S/C43H31N3O/c1-26-10-9-15-33-31-13-5-7-16-36(31)46(42(26)33)39-25-28(44)19-21-30(39)27-18-20-35-38(24-27)45(29-11-3-2-4-12-29)37-23-22-34-32-14-6-8-17-40(32)47-43(34)41(35)37/h2-9,11-26H,10,44H2,1H3. The first-order chi connectivity index (χ1) is 23.2. The first-order valence-electron chi connectivity index (χ1n) is 16.3. The lowest BCUT2D eigenvalue weighted by Gasteiger charge is -2.22. The predicted octanol–water partition coefficient (Wildman–Crippen LogP) is 11.4. The number of furan rings is 1. The number of benzene rings is 6. The molecule has 0 saturated heterocycles. The molecule has 4 heteroatoms. The van der Waals surface area contributed by atoms with Crippen molar-refractivity contribution in [1.82, 2.24) is 9.13 Å². The molecule has 1 aliphatic carbocycles. The summed E-state index contributed by atoms with van der Waals surface area (Å²) in [4.78, 5) is 0. The summed E-state index contributed by atoms with van der Waals surface area (Å²) in [5.41, 5.74) is 19.7. The topological polar surface area (TPSA) is 49.0 Å². The highest BCUT2D eigenvalue weighted by Crippen LogP contribution is 2.44. The molecule has 1 aliphatic rings. The second-order valence-corrected chi connectivity index (χ2v) is 12.8. The van der Waals surface area contributed by atoms with E-state index in [0.29, 0.717) is 5.92 Å². The number of nitrogens with zero attached hydrogens (tertiary/aromatic N) is 2. The molecule has 1 unspecified atom stereocenters. The first-order valence-corrected chi connectivity index (χ1v) is 16.3. The van der Waals surface area contributed by atoms with Gasteiger partial charge in [-0.25, -0.2) is 0 Å². The average Bonchev–Trinajstić information content (AvgIpc) is 3.76. The van der Waals surface area contributed by atoms with Crippen LogP contribution >= 0.6 is 0 Å². The molecule has 9 aromatic rings. The number of para-hydroxylation sites is 3. The second kappa shape index (κ2) is 9.75. The molecule has 10 rings (SSSR count). The molecule has 0 spiro atoms. The minimum absolute atomic E-state index is 0.381. The van der Waals surface area contributed by atoms with Gasteiger partial charge in [0.15, 0.2) is 0 Å². The number of anilines is 1. The Morgan fingerprint density at radius 3 is 2.34 bits per heavy atom. The van der Waals surface area contributed by atoms with Gasteiger partial charge in [0.2, 0.25) is 0 Å². The van der Waals surface area contributed by atoms with Crippen molar-refractivity contribution in [3.05, 3.63) is 145 Å². The Kier molecular flexibility index (Phi) is 5.44. The maximum absolute atomic E-state index is 6.59. The van der Waals surface area contributed by atoms with Gasteiger partial charge < -0.3 is 19.3 Å². The van der Waals surface area contributed by atoms with Crippen molar-refractivity contribution in [3.8, 4) is 22.5 Å². The average molecular weight is 606 g/mol. The van der Waals surface area contributed by atoms with E-state index in [9.17, 15) is 0 Å². The minimum atomic E-state index is 0.381. The molecule has 0 aliphatic heterocycles. The van der Waals surface area contributed by atoms with Crippen molar-refractivity contribution in [2.24, 2.45) is 0 Å². The number of fused-ring (bicyclic) bond motifs is 10. The molecular weight excluding hydrogens is 574 g/mol. The van der Waals surface area contributed by atoms with Crippen LogP contribution in [-0.2, 0) is 0 Å². The van der Waals surface area contributed by atoms with E-state index in [0.717, 1.165) is 78.4 Å². The van der Waals surface area contributed by atoms with Crippen LogP contribution in [0.3, 0.4) is 0 Å². The van der Waals surface area contributed by atoms with Crippen LogP contribution in [0.4, 0.5) is 5.69 Å². The maximum atomic E-state index is 6.59. The summed E-state index contributed by atoms with van der Waals surface area (Å²) < 4.78 is 11.4. The molecule has 3 heterocycles. The van der Waals surface area contributed by atoms with E-state index in [1.807, 2.05) is 12.1 Å². The molecule has 0 bridgehead atoms. The Labute approximate surface area is 271 Å². The maximum Gasteiger partial charge on any atom is 0.145 e. The number of nitrogen functional groups attached to an aromatic ring is 1. The van der Waals surface area contributed by atoms with Crippen molar-refractivity contribution >= 4 is 66.4 Å². The van der Waals surface area contributed by atoms with Gasteiger partial charge in [0.1, 0.15) is 11.2 Å². The molecule has 2 N–H and O–H groups in total. The molecule has 0 fully saturated rings. The zero-order valence-corrected chi connectivity index (χ0v) is 25.9. The lowest BCUT2D eigenvalue weighted by atomic mass is 9.93. The van der Waals surface area contributed by atoms with E-state index in [1.54, 1.807) is 0 Å². The monoisotopic (exact) mass is 605 g/mol. The quantitative estimate of drug-likeness (QED) is 0.204. The summed E-state index contributed by atoms with van der Waals surface area (Å²) in [6, 6.07) is 45.3. The van der Waals surface area contributed by atoms with E-state index in [1.165, 1.54) is 22.2 Å². The highest BCUT2D eigenvalue weighted by Gasteiger charge is 2.25. The summed E-state index contributed by atoms with van der Waals surface area (Å²) >= 11 is 0. The summed E-state index contributed by atoms with van der Waals surface area (Å²) in [6.07, 6.45) is 5.61. The first kappa shape index (κ1) is 26.2. The Balaban J connectivity index is 1.29. The van der Waals surface area contributed by atoms with Gasteiger partial charge in [-0.05, 0) is 66.6 Å². The van der Waals surface area contributed by atoms with Gasteiger partial charge in [0, 0.05) is 55.7 Å². The van der Waals surface area contributed by atoms with Crippen LogP contribution in [0, 0.1) is 0 Å². The number of aromatic nitrogens is 2. The van der Waals surface area contributed by atoms with E-state index in [4.69, 9.17) is 10.2 Å². The number of allylic oxidation sites excluding steroid dienone is 1. The summed E-state index contributed by atoms with van der Waals surface area (Å²) in [5, 5.41) is 5.84. The zero-order chi connectivity index (χ0) is 31.2. The van der Waals surface area contributed by atoms with Crippen LogP contribution in [-0.4, -0.2) is 9.13 Å². The Hall–Kier alpha value is -6.00. The summed E-state index contributed by atoms with van der Waals surface area (Å²) in [6.45, 7) is 2.33. The Morgan fingerprint density at radius 1 is 0.660 bits per heavy atom. The van der Waals surface area contributed by atoms with Crippen LogP contribution < -0.4 is 5.73 Å². The predicted molar refractivity (Wildman–Crippen MR) is 197 cm³/mol. The molecule has 0 amide bonds. The number of nitrogens with two attached hydrogens (primary N) is 1. The smallest absolute Gasteiger partial charge is 0.145 e. The molecular formula is C43H31N3O. The van der Waals surface area contributed by atoms with Gasteiger partial charge in [-0.15, -0.1) is 0 Å². The molecule has 0 saturated carbocycles. The summed E-state index contributed by atoms with van der Waals surface area (Å²) in [7, 11) is 0. The Bertz CT molecular complexity index is 2740. The third kappa shape index (κ3) is 3.70. The lowest BCUT2D eigenvalue weighted by Crippen LogP contribution is -2.08. The fourth-order valence-electron chi connectivity index (χ4n) is 7.99. The van der Waals surface area contributed by atoms with Crippen molar-refractivity contribution in [2.45, 2.75) is 19.3 Å². The molecule has 1 atom stereocenters. The van der Waals surface area contributed by atoms with Crippen LogP contribution in [0.5, 0.6) is 0 Å². The van der Waals surface area contributed by atoms with Gasteiger partial charge in [-0.2, -0.15) is 0 Å². The van der Waals surface area contributed by atoms with Gasteiger partial charge in [-0.1, -0.05) is 91.9 Å². The molecule has 0 radical (unpaired) electrons. The van der Waals surface area contributed by atoms with Crippen molar-refractivity contribution < 1.29 is 4.42 Å². The number of rotatable bonds is 3. The van der Waals surface area contributed by atoms with Gasteiger partial charge in [-0.3, -0.25) is 0 Å². The zero-order valence-electron chi connectivity index (χ0n) is 25.9. The fourth-order valence-corrected chi connectivity index (χ4v) is 7.99. The third-order valence-electron chi connectivity index (χ3n) is 10.1. The van der Waals surface area contributed by atoms with E-state index < -0.39 is 0 Å². The van der Waals surface area contributed by atoms with Gasteiger partial charge in [0.05, 0.1) is 27.6 Å². The van der Waals surface area contributed by atoms with Crippen LogP contribution in [0.2, 0.25) is 0 Å². The largest absolute Gasteiger partial charge is 0.455 e. The lowest BCUT2D eigenvalue weighted by molar-refractivity contribution is 0.673. The highest BCUT2D eigenvalue weighted by atomic mass is 16.3. The number of hydrogen-bond donors (Lipinski definition) is 1. The second-order valence-electron chi connectivity index (χ2n) is 12.8. The van der Waals surface area contributed by atoms with Crippen molar-refractivity contribution in [2.75, 3.05) is 5.73 Å². The highest BCUT2D eigenvalue weighted by molar-refractivity contribution is 6.24. The molecule has 3 aromatic heterocycles. The molecule has 6 aromatic carbocycles. The fraction of sp³-hybridized carbons (Fsp3) is 0.0698. The third-order valence-corrected chi connectivity index (χ3v) is 10.1. The van der Waals surface area contributed by atoms with E-state index in [2.05, 4.69) is 143 Å². The van der Waals surface area contributed by atoms with Crippen LogP contribution in [0.25, 0.3) is 83.2 Å². The van der Waals surface area contributed by atoms with Crippen molar-refractivity contribution in [1.29, 1.82) is 0 Å². The molecule has 4 nitrogen and oxygen atoms in total. The van der Waals surface area contributed by atoms with E-state index >= 15 is 0 Å². The Morgan fingerprint density at radius 2 is 1.45 bits per heavy atom. The van der Waals surface area contributed by atoms with Gasteiger partial charge >= 0.3 is 0 Å². The van der Waals surface area contributed by atoms with Crippen LogP contribution in [0.1, 0.15) is 30.5 Å². The number of hydrogen-bond acceptors (Lipinski definition) is 2. The van der Waals surface area contributed by atoms with Gasteiger partial charge in [0.25, 0.3) is 0 Å². The summed E-state index contributed by atoms with van der Waals surface area (Å²) in [5.74, 6) is 0.381. The van der Waals surface area contributed by atoms with Crippen molar-refractivity contribution in [3.63, 3.8) is 0 Å². The normalized spacial score (nSPS) is 14.6. The van der Waals surface area contributed by atoms with E-state index in [-0.39, 0.29) is 0 Å².